The summed E-state index contributed by atoms with van der Waals surface area (Å²) in [6.45, 7) is 3.68. The predicted octanol–water partition coefficient (Wildman–Crippen LogP) is 4.52. The largest absolute Gasteiger partial charge is 0.496 e. The van der Waals surface area contributed by atoms with Gasteiger partial charge >= 0.3 is 0 Å². The molecule has 2 aromatic carbocycles. The maximum atomic E-state index is 5.66. The molecule has 25 heavy (non-hydrogen) atoms. The average Bonchev–Trinajstić information content (AvgIpc) is 3.02. The Kier molecular flexibility index (Phi) is 4.32. The van der Waals surface area contributed by atoms with E-state index >= 15 is 0 Å². The summed E-state index contributed by atoms with van der Waals surface area (Å²) in [6.07, 6.45) is 0.780. The highest BCUT2D eigenvalue weighted by atomic mass is 32.1. The maximum Gasteiger partial charge on any atom is 0.142 e. The molecule has 0 fully saturated rings. The number of ether oxygens (including phenoxy) is 2. The molecule has 4 rings (SSSR count). The molecule has 2 heterocycles. The van der Waals surface area contributed by atoms with Gasteiger partial charge in [0.05, 0.1) is 23.5 Å². The molecule has 0 saturated heterocycles. The molecule has 0 amide bonds. The number of aryl methyl sites for hydroxylation is 1. The Morgan fingerprint density at radius 3 is 3.00 bits per heavy atom. The van der Waals surface area contributed by atoms with E-state index in [1.54, 1.807) is 18.4 Å². The van der Waals surface area contributed by atoms with E-state index in [0.29, 0.717) is 6.61 Å². The molecule has 1 N–H and O–H groups in total. The Balaban J connectivity index is 1.64. The van der Waals surface area contributed by atoms with Gasteiger partial charge in [-0.1, -0.05) is 18.2 Å². The SMILES string of the molecule is COc1ccccc1Cc1nc(-c2ccc3c(c2)NCCO3)c(C)s1. The lowest BCUT2D eigenvalue weighted by Gasteiger charge is -2.19. The van der Waals surface area contributed by atoms with Gasteiger partial charge < -0.3 is 14.8 Å². The molecular weight excluding hydrogens is 332 g/mol. The second kappa shape index (κ2) is 6.76. The van der Waals surface area contributed by atoms with Gasteiger partial charge in [-0.3, -0.25) is 0 Å². The third kappa shape index (κ3) is 3.20. The van der Waals surface area contributed by atoms with E-state index in [1.165, 1.54) is 4.88 Å². The monoisotopic (exact) mass is 352 g/mol. The number of anilines is 1. The second-order valence-electron chi connectivity index (χ2n) is 5.99. The van der Waals surface area contributed by atoms with E-state index < -0.39 is 0 Å². The van der Waals surface area contributed by atoms with Gasteiger partial charge in [0.2, 0.25) is 0 Å². The molecule has 0 aliphatic carbocycles. The highest BCUT2D eigenvalue weighted by Gasteiger charge is 2.15. The van der Waals surface area contributed by atoms with E-state index in [0.717, 1.165) is 52.0 Å². The maximum absolute atomic E-state index is 5.66. The zero-order valence-electron chi connectivity index (χ0n) is 14.3. The van der Waals surface area contributed by atoms with Crippen molar-refractivity contribution in [1.82, 2.24) is 4.98 Å². The fourth-order valence-corrected chi connectivity index (χ4v) is 4.07. The summed E-state index contributed by atoms with van der Waals surface area (Å²) in [5, 5.41) is 4.48. The molecule has 0 spiro atoms. The molecule has 1 aromatic heterocycles. The number of fused-ring (bicyclic) bond motifs is 1. The number of nitrogens with zero attached hydrogens (tertiary/aromatic N) is 1. The van der Waals surface area contributed by atoms with Crippen LogP contribution in [0.4, 0.5) is 5.69 Å². The smallest absolute Gasteiger partial charge is 0.142 e. The van der Waals surface area contributed by atoms with Gasteiger partial charge in [-0.15, -0.1) is 11.3 Å². The number of hydrogen-bond acceptors (Lipinski definition) is 5. The van der Waals surface area contributed by atoms with Gasteiger partial charge in [-0.2, -0.15) is 0 Å². The van der Waals surface area contributed by atoms with Crippen LogP contribution >= 0.6 is 11.3 Å². The Labute approximate surface area is 151 Å². The Hall–Kier alpha value is -2.53. The van der Waals surface area contributed by atoms with Crippen LogP contribution in [0.25, 0.3) is 11.3 Å². The van der Waals surface area contributed by atoms with Crippen molar-refractivity contribution in [3.8, 4) is 22.8 Å². The van der Waals surface area contributed by atoms with Crippen molar-refractivity contribution in [2.24, 2.45) is 0 Å². The number of para-hydroxylation sites is 1. The molecule has 1 aliphatic heterocycles. The minimum Gasteiger partial charge on any atom is -0.496 e. The predicted molar refractivity (Wildman–Crippen MR) is 102 cm³/mol. The quantitative estimate of drug-likeness (QED) is 0.750. The fraction of sp³-hybridized carbons (Fsp3) is 0.250. The normalized spacial score (nSPS) is 12.9. The first-order valence-electron chi connectivity index (χ1n) is 8.34. The standard InChI is InChI=1S/C20H20N2O2S/c1-13-20(15-7-8-18-16(11-15)21-9-10-24-18)22-19(25-13)12-14-5-3-4-6-17(14)23-2/h3-8,11,21H,9-10,12H2,1-2H3. The Morgan fingerprint density at radius 2 is 2.12 bits per heavy atom. The number of thiazole rings is 1. The molecule has 1 aliphatic rings. The van der Waals surface area contributed by atoms with Crippen molar-refractivity contribution >= 4 is 17.0 Å². The number of hydrogen-bond donors (Lipinski definition) is 1. The zero-order chi connectivity index (χ0) is 17.2. The minimum atomic E-state index is 0.713. The van der Waals surface area contributed by atoms with Crippen LogP contribution in [-0.4, -0.2) is 25.2 Å². The van der Waals surface area contributed by atoms with Crippen LogP contribution < -0.4 is 14.8 Å². The summed E-state index contributed by atoms with van der Waals surface area (Å²) < 4.78 is 11.1. The molecular formula is C20H20N2O2S. The number of aromatic nitrogens is 1. The number of benzene rings is 2. The van der Waals surface area contributed by atoms with E-state index in [2.05, 4.69) is 30.4 Å². The zero-order valence-corrected chi connectivity index (χ0v) is 15.2. The van der Waals surface area contributed by atoms with Crippen LogP contribution in [0.5, 0.6) is 11.5 Å². The lowest BCUT2D eigenvalue weighted by molar-refractivity contribution is 0.323. The second-order valence-corrected chi connectivity index (χ2v) is 7.27. The molecule has 0 bridgehead atoms. The number of methoxy groups -OCH3 is 1. The summed E-state index contributed by atoms with van der Waals surface area (Å²) in [6, 6.07) is 14.3. The lowest BCUT2D eigenvalue weighted by atomic mass is 10.1. The first kappa shape index (κ1) is 16.0. The highest BCUT2D eigenvalue weighted by Crippen LogP contribution is 2.35. The van der Waals surface area contributed by atoms with Gasteiger partial charge in [0.15, 0.2) is 0 Å². The molecule has 5 heteroatoms. The van der Waals surface area contributed by atoms with Gasteiger partial charge in [-0.05, 0) is 31.2 Å². The van der Waals surface area contributed by atoms with Gasteiger partial charge in [0.1, 0.15) is 18.1 Å². The van der Waals surface area contributed by atoms with E-state index in [9.17, 15) is 0 Å². The molecule has 3 aromatic rings. The van der Waals surface area contributed by atoms with E-state index in [4.69, 9.17) is 14.5 Å². The van der Waals surface area contributed by atoms with Crippen LogP contribution in [0, 0.1) is 6.92 Å². The van der Waals surface area contributed by atoms with Crippen molar-refractivity contribution in [3.63, 3.8) is 0 Å². The average molecular weight is 352 g/mol. The lowest BCUT2D eigenvalue weighted by Crippen LogP contribution is -2.17. The first-order chi connectivity index (χ1) is 12.2. The van der Waals surface area contributed by atoms with E-state index in [-0.39, 0.29) is 0 Å². The third-order valence-electron chi connectivity index (χ3n) is 4.30. The van der Waals surface area contributed by atoms with Gasteiger partial charge in [0, 0.05) is 29.0 Å². The number of rotatable bonds is 4. The molecule has 0 unspecified atom stereocenters. The van der Waals surface area contributed by atoms with Crippen molar-refractivity contribution in [1.29, 1.82) is 0 Å². The number of nitrogens with one attached hydrogen (secondary N) is 1. The molecule has 0 radical (unpaired) electrons. The fourth-order valence-electron chi connectivity index (χ4n) is 3.09. The molecule has 4 nitrogen and oxygen atoms in total. The van der Waals surface area contributed by atoms with Crippen molar-refractivity contribution < 1.29 is 9.47 Å². The summed E-state index contributed by atoms with van der Waals surface area (Å²) in [7, 11) is 1.71. The van der Waals surface area contributed by atoms with Crippen LogP contribution in [0.2, 0.25) is 0 Å². The third-order valence-corrected chi connectivity index (χ3v) is 5.27. The topological polar surface area (TPSA) is 43.4 Å². The van der Waals surface area contributed by atoms with Crippen LogP contribution in [-0.2, 0) is 6.42 Å². The van der Waals surface area contributed by atoms with Gasteiger partial charge in [-0.25, -0.2) is 4.98 Å². The summed E-state index contributed by atoms with van der Waals surface area (Å²) in [4.78, 5) is 6.12. The van der Waals surface area contributed by atoms with Crippen molar-refractivity contribution in [3.05, 3.63) is 57.9 Å². The molecule has 0 atom stereocenters. The Morgan fingerprint density at radius 1 is 1.24 bits per heavy atom. The van der Waals surface area contributed by atoms with Crippen molar-refractivity contribution in [2.75, 3.05) is 25.6 Å². The highest BCUT2D eigenvalue weighted by molar-refractivity contribution is 7.12. The van der Waals surface area contributed by atoms with Crippen LogP contribution in [0.3, 0.4) is 0 Å². The minimum absolute atomic E-state index is 0.713. The summed E-state index contributed by atoms with van der Waals surface area (Å²) in [5.74, 6) is 1.82. The first-order valence-corrected chi connectivity index (χ1v) is 9.15. The summed E-state index contributed by atoms with van der Waals surface area (Å²) in [5.41, 5.74) is 4.37. The van der Waals surface area contributed by atoms with Crippen LogP contribution in [0.1, 0.15) is 15.4 Å². The molecule has 128 valence electrons. The van der Waals surface area contributed by atoms with Crippen LogP contribution in [0.15, 0.2) is 42.5 Å². The molecule has 0 saturated carbocycles. The van der Waals surface area contributed by atoms with Gasteiger partial charge in [0.25, 0.3) is 0 Å². The summed E-state index contributed by atoms with van der Waals surface area (Å²) >= 11 is 1.74. The Bertz CT molecular complexity index is 904. The van der Waals surface area contributed by atoms with E-state index in [1.807, 2.05) is 24.3 Å². The van der Waals surface area contributed by atoms with Crippen molar-refractivity contribution in [2.45, 2.75) is 13.3 Å².